The fourth-order valence-electron chi connectivity index (χ4n) is 1.60. The molecule has 0 spiro atoms. The van der Waals surface area contributed by atoms with Crippen molar-refractivity contribution < 1.29 is 19.0 Å². The number of hydrogen-bond acceptors (Lipinski definition) is 2. The molecular formula is C12H12BrFO3. The molecule has 1 saturated carbocycles. The standard InChI is InChI=1S/C12H12BrFO3/c1-6(12(15)16)17-11-5-10(14)9(13)4-8(11)7-2-3-7/h4-7H,2-3H2,1H3,(H,15,16)/t6-/m0/s1. The molecule has 1 atom stereocenters. The van der Waals surface area contributed by atoms with Gasteiger partial charge in [0.15, 0.2) is 6.10 Å². The van der Waals surface area contributed by atoms with Crippen molar-refractivity contribution in [3.05, 3.63) is 28.0 Å². The van der Waals surface area contributed by atoms with Crippen LogP contribution in [0.15, 0.2) is 16.6 Å². The molecule has 0 aliphatic heterocycles. The Morgan fingerprint density at radius 2 is 2.24 bits per heavy atom. The molecule has 17 heavy (non-hydrogen) atoms. The third-order valence-electron chi connectivity index (χ3n) is 2.72. The molecule has 0 heterocycles. The minimum atomic E-state index is -1.06. The number of aliphatic carboxylic acids is 1. The monoisotopic (exact) mass is 302 g/mol. The molecule has 1 aromatic rings. The minimum absolute atomic E-state index is 0.336. The van der Waals surface area contributed by atoms with Crippen LogP contribution in [0, 0.1) is 5.82 Å². The van der Waals surface area contributed by atoms with Crippen LogP contribution < -0.4 is 4.74 Å². The SMILES string of the molecule is C[C@H](Oc1cc(F)c(Br)cc1C1CC1)C(=O)O. The van der Waals surface area contributed by atoms with Gasteiger partial charge in [-0.25, -0.2) is 9.18 Å². The molecule has 0 aromatic heterocycles. The molecule has 1 aliphatic carbocycles. The summed E-state index contributed by atoms with van der Waals surface area (Å²) in [6.07, 6.45) is 1.10. The Bertz CT molecular complexity index is 457. The first-order valence-corrected chi connectivity index (χ1v) is 6.16. The molecule has 1 aliphatic rings. The lowest BCUT2D eigenvalue weighted by Gasteiger charge is -2.15. The predicted octanol–water partition coefficient (Wildman–Crippen LogP) is 3.32. The van der Waals surface area contributed by atoms with E-state index in [0.29, 0.717) is 16.1 Å². The summed E-state index contributed by atoms with van der Waals surface area (Å²) in [5.74, 6) is -0.803. The lowest BCUT2D eigenvalue weighted by molar-refractivity contribution is -0.144. The van der Waals surface area contributed by atoms with Crippen molar-refractivity contribution in [2.45, 2.75) is 31.8 Å². The molecule has 0 saturated heterocycles. The average Bonchev–Trinajstić information content (AvgIpc) is 3.06. The van der Waals surface area contributed by atoms with Gasteiger partial charge in [-0.3, -0.25) is 0 Å². The Balaban J connectivity index is 2.30. The van der Waals surface area contributed by atoms with Crippen LogP contribution in [-0.4, -0.2) is 17.2 Å². The quantitative estimate of drug-likeness (QED) is 0.928. The maximum absolute atomic E-state index is 13.4. The summed E-state index contributed by atoms with van der Waals surface area (Å²) in [4.78, 5) is 10.7. The lowest BCUT2D eigenvalue weighted by atomic mass is 10.1. The summed E-state index contributed by atoms with van der Waals surface area (Å²) in [6.45, 7) is 1.43. The third kappa shape index (κ3) is 2.77. The zero-order valence-corrected chi connectivity index (χ0v) is 10.8. The second kappa shape index (κ2) is 4.64. The van der Waals surface area contributed by atoms with Crippen molar-refractivity contribution in [3.8, 4) is 5.75 Å². The normalized spacial score (nSPS) is 16.6. The number of ether oxygens (including phenoxy) is 1. The van der Waals surface area contributed by atoms with E-state index < -0.39 is 17.9 Å². The number of rotatable bonds is 4. The van der Waals surface area contributed by atoms with Gasteiger partial charge in [-0.2, -0.15) is 0 Å². The highest BCUT2D eigenvalue weighted by molar-refractivity contribution is 9.10. The Morgan fingerprint density at radius 3 is 2.76 bits per heavy atom. The zero-order chi connectivity index (χ0) is 12.6. The van der Waals surface area contributed by atoms with Crippen LogP contribution in [0.4, 0.5) is 4.39 Å². The lowest BCUT2D eigenvalue weighted by Crippen LogP contribution is -2.23. The van der Waals surface area contributed by atoms with Gasteiger partial charge in [0.05, 0.1) is 4.47 Å². The van der Waals surface area contributed by atoms with E-state index in [1.54, 1.807) is 6.07 Å². The van der Waals surface area contributed by atoms with Crippen molar-refractivity contribution in [3.63, 3.8) is 0 Å². The van der Waals surface area contributed by atoms with Crippen molar-refractivity contribution >= 4 is 21.9 Å². The van der Waals surface area contributed by atoms with Gasteiger partial charge in [0.25, 0.3) is 0 Å². The van der Waals surface area contributed by atoms with Crippen molar-refractivity contribution in [1.29, 1.82) is 0 Å². The summed E-state index contributed by atoms with van der Waals surface area (Å²) in [5, 5.41) is 8.78. The van der Waals surface area contributed by atoms with Gasteiger partial charge in [-0.05, 0) is 53.2 Å². The van der Waals surface area contributed by atoms with Crippen LogP contribution in [0.3, 0.4) is 0 Å². The number of carboxylic acids is 1. The van der Waals surface area contributed by atoms with Crippen LogP contribution in [0.5, 0.6) is 5.75 Å². The number of carboxylic acid groups (broad SMARTS) is 1. The molecule has 1 N–H and O–H groups in total. The average molecular weight is 303 g/mol. The minimum Gasteiger partial charge on any atom is -0.479 e. The Morgan fingerprint density at radius 1 is 1.59 bits per heavy atom. The van der Waals surface area contributed by atoms with E-state index in [4.69, 9.17) is 9.84 Å². The number of hydrogen-bond donors (Lipinski definition) is 1. The maximum Gasteiger partial charge on any atom is 0.344 e. The van der Waals surface area contributed by atoms with Crippen molar-refractivity contribution in [2.75, 3.05) is 0 Å². The topological polar surface area (TPSA) is 46.5 Å². The second-order valence-corrected chi connectivity index (χ2v) is 5.03. The van der Waals surface area contributed by atoms with Gasteiger partial charge in [0.1, 0.15) is 11.6 Å². The van der Waals surface area contributed by atoms with E-state index in [-0.39, 0.29) is 0 Å². The molecule has 1 aromatic carbocycles. The molecule has 0 radical (unpaired) electrons. The highest BCUT2D eigenvalue weighted by Gasteiger charge is 2.29. The van der Waals surface area contributed by atoms with Crippen LogP contribution in [0.25, 0.3) is 0 Å². The van der Waals surface area contributed by atoms with E-state index in [0.717, 1.165) is 18.4 Å². The van der Waals surface area contributed by atoms with Gasteiger partial charge >= 0.3 is 5.97 Å². The molecular weight excluding hydrogens is 291 g/mol. The Kier molecular flexibility index (Phi) is 3.38. The molecule has 3 nitrogen and oxygen atoms in total. The maximum atomic E-state index is 13.4. The van der Waals surface area contributed by atoms with E-state index >= 15 is 0 Å². The largest absolute Gasteiger partial charge is 0.479 e. The van der Waals surface area contributed by atoms with Gasteiger partial charge in [0, 0.05) is 6.07 Å². The molecule has 92 valence electrons. The zero-order valence-electron chi connectivity index (χ0n) is 9.24. The highest BCUT2D eigenvalue weighted by Crippen LogP contribution is 2.45. The molecule has 0 amide bonds. The fourth-order valence-corrected chi connectivity index (χ4v) is 1.96. The molecule has 1 fully saturated rings. The van der Waals surface area contributed by atoms with E-state index in [9.17, 15) is 9.18 Å². The summed E-state index contributed by atoms with van der Waals surface area (Å²) < 4.78 is 19.1. The van der Waals surface area contributed by atoms with Crippen LogP contribution in [0.2, 0.25) is 0 Å². The van der Waals surface area contributed by atoms with Crippen LogP contribution in [-0.2, 0) is 4.79 Å². The number of carbonyl (C=O) groups is 1. The molecule has 0 bridgehead atoms. The van der Waals surface area contributed by atoms with Gasteiger partial charge in [0.2, 0.25) is 0 Å². The second-order valence-electron chi connectivity index (χ2n) is 4.18. The molecule has 0 unspecified atom stereocenters. The highest BCUT2D eigenvalue weighted by atomic mass is 79.9. The third-order valence-corrected chi connectivity index (χ3v) is 3.33. The van der Waals surface area contributed by atoms with E-state index in [2.05, 4.69) is 15.9 Å². The Hall–Kier alpha value is -1.10. The van der Waals surface area contributed by atoms with Gasteiger partial charge in [-0.1, -0.05) is 0 Å². The Labute approximate surface area is 107 Å². The first-order chi connectivity index (χ1) is 7.99. The van der Waals surface area contributed by atoms with Crippen molar-refractivity contribution in [2.24, 2.45) is 0 Å². The van der Waals surface area contributed by atoms with E-state index in [1.165, 1.54) is 13.0 Å². The number of halogens is 2. The summed E-state index contributed by atoms with van der Waals surface area (Å²) in [5.41, 5.74) is 0.881. The number of benzene rings is 1. The summed E-state index contributed by atoms with van der Waals surface area (Å²) in [6, 6.07) is 2.92. The fraction of sp³-hybridized carbons (Fsp3) is 0.417. The molecule has 2 rings (SSSR count). The van der Waals surface area contributed by atoms with Gasteiger partial charge < -0.3 is 9.84 Å². The summed E-state index contributed by atoms with van der Waals surface area (Å²) >= 11 is 3.12. The van der Waals surface area contributed by atoms with Crippen LogP contribution >= 0.6 is 15.9 Å². The first kappa shape index (κ1) is 12.4. The smallest absolute Gasteiger partial charge is 0.344 e. The first-order valence-electron chi connectivity index (χ1n) is 5.37. The van der Waals surface area contributed by atoms with Crippen LogP contribution in [0.1, 0.15) is 31.2 Å². The molecule has 5 heteroatoms. The van der Waals surface area contributed by atoms with E-state index in [1.807, 2.05) is 0 Å². The predicted molar refractivity (Wildman–Crippen MR) is 63.8 cm³/mol. The summed E-state index contributed by atoms with van der Waals surface area (Å²) in [7, 11) is 0. The van der Waals surface area contributed by atoms with Crippen molar-refractivity contribution in [1.82, 2.24) is 0 Å². The van der Waals surface area contributed by atoms with Gasteiger partial charge in [-0.15, -0.1) is 0 Å².